The van der Waals surface area contributed by atoms with Gasteiger partial charge in [-0.3, -0.25) is 9.78 Å². The molecule has 0 radical (unpaired) electrons. The summed E-state index contributed by atoms with van der Waals surface area (Å²) in [7, 11) is 1.87. The molecule has 1 atom stereocenters. The summed E-state index contributed by atoms with van der Waals surface area (Å²) in [6.45, 7) is 5.83. The number of carbonyl (C=O) groups excluding carboxylic acids is 1. The van der Waals surface area contributed by atoms with Gasteiger partial charge in [0.25, 0.3) is 0 Å². The van der Waals surface area contributed by atoms with Gasteiger partial charge in [0, 0.05) is 51.0 Å². The summed E-state index contributed by atoms with van der Waals surface area (Å²) in [5, 5.41) is 3.05. The Hall–Kier alpha value is -1.11. The highest BCUT2D eigenvalue weighted by atomic mass is 35.5. The fourth-order valence-corrected chi connectivity index (χ4v) is 2.32. The molecule has 1 aromatic heterocycles. The molecule has 8 heteroatoms. The zero-order valence-electron chi connectivity index (χ0n) is 12.4. The highest BCUT2D eigenvalue weighted by Crippen LogP contribution is 2.13. The third kappa shape index (κ3) is 5.30. The summed E-state index contributed by atoms with van der Waals surface area (Å²) >= 11 is 0. The topological polar surface area (TPSA) is 61.4 Å². The third-order valence-corrected chi connectivity index (χ3v) is 3.40. The minimum atomic E-state index is 0. The zero-order chi connectivity index (χ0) is 13.7. The lowest BCUT2D eigenvalue weighted by molar-refractivity contribution is -0.135. The Morgan fingerprint density at radius 2 is 1.95 bits per heavy atom. The summed E-state index contributed by atoms with van der Waals surface area (Å²) in [6, 6.07) is 0. The molecular formula is C13H23Cl2N5O. The normalized spacial score (nSPS) is 15.7. The van der Waals surface area contributed by atoms with Crippen LogP contribution in [0.4, 0.5) is 5.82 Å². The summed E-state index contributed by atoms with van der Waals surface area (Å²) in [4.78, 5) is 24.6. The number of nitrogens with zero attached hydrogens (tertiary/aromatic N) is 4. The van der Waals surface area contributed by atoms with E-state index in [2.05, 4.69) is 20.2 Å². The van der Waals surface area contributed by atoms with E-state index in [1.165, 1.54) is 0 Å². The van der Waals surface area contributed by atoms with Crippen LogP contribution in [0.2, 0.25) is 0 Å². The third-order valence-electron chi connectivity index (χ3n) is 3.40. The van der Waals surface area contributed by atoms with E-state index in [-0.39, 0.29) is 36.6 Å². The van der Waals surface area contributed by atoms with Crippen LogP contribution in [0.15, 0.2) is 18.6 Å². The molecular weight excluding hydrogens is 313 g/mol. The Labute approximate surface area is 138 Å². The molecule has 0 aliphatic carbocycles. The number of hydrogen-bond donors (Lipinski definition) is 1. The first-order valence-corrected chi connectivity index (χ1v) is 6.66. The predicted molar refractivity (Wildman–Crippen MR) is 88.4 cm³/mol. The molecule has 1 amide bonds. The summed E-state index contributed by atoms with van der Waals surface area (Å²) < 4.78 is 0. The molecule has 2 heterocycles. The van der Waals surface area contributed by atoms with Gasteiger partial charge in [-0.15, -0.1) is 24.8 Å². The Balaban J connectivity index is 0.00000200. The Bertz CT molecular complexity index is 412. The molecule has 21 heavy (non-hydrogen) atoms. The maximum atomic E-state index is 12.2. The van der Waals surface area contributed by atoms with E-state index in [1.807, 2.05) is 18.9 Å². The molecule has 0 aromatic carbocycles. The van der Waals surface area contributed by atoms with Gasteiger partial charge in [0.05, 0.1) is 6.20 Å². The van der Waals surface area contributed by atoms with Crippen molar-refractivity contribution >= 4 is 36.5 Å². The van der Waals surface area contributed by atoms with Crippen LogP contribution >= 0.6 is 24.8 Å². The number of rotatable bonds is 4. The van der Waals surface area contributed by atoms with E-state index < -0.39 is 0 Å². The van der Waals surface area contributed by atoms with E-state index in [9.17, 15) is 4.79 Å². The molecule has 1 aliphatic rings. The molecule has 6 nitrogen and oxygen atoms in total. The number of anilines is 1. The van der Waals surface area contributed by atoms with Gasteiger partial charge in [0.1, 0.15) is 5.82 Å². The second-order valence-electron chi connectivity index (χ2n) is 4.83. The average molecular weight is 336 g/mol. The molecule has 1 aliphatic heterocycles. The smallest absolute Gasteiger partial charge is 0.226 e. The van der Waals surface area contributed by atoms with Crippen LogP contribution in [0.25, 0.3) is 0 Å². The average Bonchev–Trinajstić information content (AvgIpc) is 2.48. The minimum Gasteiger partial charge on any atom is -0.352 e. The predicted octanol–water partition coefficient (Wildman–Crippen LogP) is 0.824. The van der Waals surface area contributed by atoms with Crippen LogP contribution in [0.1, 0.15) is 6.92 Å². The molecule has 2 rings (SSSR count). The molecule has 0 bridgehead atoms. The van der Waals surface area contributed by atoms with Crippen LogP contribution in [0, 0.1) is 5.92 Å². The molecule has 1 N–H and O–H groups in total. The van der Waals surface area contributed by atoms with Gasteiger partial charge in [-0.1, -0.05) is 6.92 Å². The highest BCUT2D eigenvalue weighted by molar-refractivity contribution is 5.85. The largest absolute Gasteiger partial charge is 0.352 e. The minimum absolute atomic E-state index is 0. The van der Waals surface area contributed by atoms with Gasteiger partial charge in [0.2, 0.25) is 5.91 Å². The van der Waals surface area contributed by atoms with Crippen molar-refractivity contribution in [2.24, 2.45) is 5.92 Å². The van der Waals surface area contributed by atoms with Crippen molar-refractivity contribution in [3.63, 3.8) is 0 Å². The maximum Gasteiger partial charge on any atom is 0.226 e. The van der Waals surface area contributed by atoms with E-state index in [0.29, 0.717) is 0 Å². The van der Waals surface area contributed by atoms with Crippen LogP contribution in [0.3, 0.4) is 0 Å². The Morgan fingerprint density at radius 3 is 2.48 bits per heavy atom. The number of aromatic nitrogens is 2. The number of piperazine rings is 1. The number of hydrogen-bond acceptors (Lipinski definition) is 5. The number of amides is 1. The summed E-state index contributed by atoms with van der Waals surface area (Å²) in [6.07, 6.45) is 5.13. The second kappa shape index (κ2) is 9.76. The SMILES string of the molecule is CNCC(C)C(=O)N1CCN(c2cnccn2)CC1.Cl.Cl. The van der Waals surface area contributed by atoms with Crippen molar-refractivity contribution in [1.82, 2.24) is 20.2 Å². The number of nitrogens with one attached hydrogen (secondary N) is 1. The van der Waals surface area contributed by atoms with Crippen LogP contribution in [0.5, 0.6) is 0 Å². The molecule has 1 aromatic rings. The molecule has 1 saturated heterocycles. The van der Waals surface area contributed by atoms with Crippen molar-refractivity contribution < 1.29 is 4.79 Å². The Morgan fingerprint density at radius 1 is 1.29 bits per heavy atom. The first-order chi connectivity index (χ1) is 9.22. The number of carbonyl (C=O) groups is 1. The monoisotopic (exact) mass is 335 g/mol. The van der Waals surface area contributed by atoms with Crippen molar-refractivity contribution in [3.8, 4) is 0 Å². The molecule has 0 spiro atoms. The lowest BCUT2D eigenvalue weighted by Crippen LogP contribution is -2.51. The van der Waals surface area contributed by atoms with Crippen molar-refractivity contribution in [3.05, 3.63) is 18.6 Å². The van der Waals surface area contributed by atoms with E-state index in [4.69, 9.17) is 0 Å². The van der Waals surface area contributed by atoms with E-state index in [1.54, 1.807) is 18.6 Å². The number of halogens is 2. The van der Waals surface area contributed by atoms with Gasteiger partial charge in [0.15, 0.2) is 0 Å². The first-order valence-electron chi connectivity index (χ1n) is 6.66. The van der Waals surface area contributed by atoms with Crippen LogP contribution in [-0.4, -0.2) is 60.5 Å². The molecule has 1 fully saturated rings. The highest BCUT2D eigenvalue weighted by Gasteiger charge is 2.24. The lowest BCUT2D eigenvalue weighted by atomic mass is 10.1. The van der Waals surface area contributed by atoms with E-state index >= 15 is 0 Å². The van der Waals surface area contributed by atoms with Gasteiger partial charge >= 0.3 is 0 Å². The van der Waals surface area contributed by atoms with Crippen molar-refractivity contribution in [1.29, 1.82) is 0 Å². The van der Waals surface area contributed by atoms with Gasteiger partial charge in [-0.05, 0) is 7.05 Å². The fourth-order valence-electron chi connectivity index (χ4n) is 2.32. The first kappa shape index (κ1) is 19.9. The van der Waals surface area contributed by atoms with Crippen molar-refractivity contribution in [2.75, 3.05) is 44.7 Å². The summed E-state index contributed by atoms with van der Waals surface area (Å²) in [5.41, 5.74) is 0. The van der Waals surface area contributed by atoms with Crippen LogP contribution in [-0.2, 0) is 4.79 Å². The lowest BCUT2D eigenvalue weighted by Gasteiger charge is -2.36. The molecule has 120 valence electrons. The zero-order valence-corrected chi connectivity index (χ0v) is 14.0. The van der Waals surface area contributed by atoms with Gasteiger partial charge < -0.3 is 15.1 Å². The summed E-state index contributed by atoms with van der Waals surface area (Å²) in [5.74, 6) is 1.15. The van der Waals surface area contributed by atoms with Gasteiger partial charge in [-0.2, -0.15) is 0 Å². The quantitative estimate of drug-likeness (QED) is 0.882. The van der Waals surface area contributed by atoms with Gasteiger partial charge in [-0.25, -0.2) is 4.98 Å². The Kier molecular flexibility index (Phi) is 9.24. The fraction of sp³-hybridized carbons (Fsp3) is 0.615. The standard InChI is InChI=1S/C13H21N5O.2ClH/c1-11(9-14-2)13(19)18-7-5-17(6-8-18)12-10-15-3-4-16-12;;/h3-4,10-11,14H,5-9H2,1-2H3;2*1H. The molecule has 1 unspecified atom stereocenters. The molecule has 0 saturated carbocycles. The van der Waals surface area contributed by atoms with Crippen LogP contribution < -0.4 is 10.2 Å². The van der Waals surface area contributed by atoms with Crippen molar-refractivity contribution in [2.45, 2.75) is 6.92 Å². The van der Waals surface area contributed by atoms with E-state index in [0.717, 1.165) is 38.5 Å². The maximum absolute atomic E-state index is 12.2. The second-order valence-corrected chi connectivity index (χ2v) is 4.83.